The topological polar surface area (TPSA) is 44.0 Å². The highest BCUT2D eigenvalue weighted by Gasteiger charge is 2.34. The van der Waals surface area contributed by atoms with Crippen molar-refractivity contribution in [3.05, 3.63) is 89.0 Å². The Morgan fingerprint density at radius 2 is 1.87 bits per heavy atom. The van der Waals surface area contributed by atoms with Crippen molar-refractivity contribution in [3.63, 3.8) is 0 Å². The van der Waals surface area contributed by atoms with Crippen LogP contribution in [0.1, 0.15) is 46.8 Å². The molecule has 164 valence electrons. The van der Waals surface area contributed by atoms with E-state index in [1.807, 2.05) is 18.2 Å². The van der Waals surface area contributed by atoms with Gasteiger partial charge < -0.3 is 10.3 Å². The van der Waals surface area contributed by atoms with Gasteiger partial charge in [0.15, 0.2) is 0 Å². The lowest BCUT2D eigenvalue weighted by Gasteiger charge is -2.38. The molecule has 31 heavy (non-hydrogen) atoms. The quantitative estimate of drug-likeness (QED) is 0.576. The summed E-state index contributed by atoms with van der Waals surface area (Å²) < 4.78 is 40.5. The average Bonchev–Trinajstić information content (AvgIpc) is 3.29. The number of aromatic nitrogens is 2. The molecule has 1 aliphatic heterocycles. The Kier molecular flexibility index (Phi) is 6.43. The maximum absolute atomic E-state index is 13.5. The third kappa shape index (κ3) is 5.17. The zero-order chi connectivity index (χ0) is 21.8. The summed E-state index contributed by atoms with van der Waals surface area (Å²) >= 11 is 0. The van der Waals surface area contributed by atoms with Gasteiger partial charge in [0.25, 0.3) is 0 Å². The maximum Gasteiger partial charge on any atom is 0.416 e. The van der Waals surface area contributed by atoms with E-state index in [1.54, 1.807) is 24.7 Å². The molecule has 0 radical (unpaired) electrons. The molecule has 0 bridgehead atoms. The number of alkyl halides is 3. The smallest absolute Gasteiger partial charge is 0.347 e. The molecule has 0 amide bonds. The van der Waals surface area contributed by atoms with Gasteiger partial charge in [-0.1, -0.05) is 42.5 Å². The Bertz CT molecular complexity index is 962. The number of hydrogen-bond acceptors (Lipinski definition) is 3. The molecule has 2 aromatic carbocycles. The SMILES string of the molecule is Cc1ccc(C(c2cnc[nH]2)N2CCC(NCc3ccccc3)CC2)cc1C(F)(F)F. The summed E-state index contributed by atoms with van der Waals surface area (Å²) in [4.78, 5) is 9.48. The van der Waals surface area contributed by atoms with E-state index in [4.69, 9.17) is 0 Å². The first kappa shape index (κ1) is 21.6. The number of nitrogens with one attached hydrogen (secondary N) is 2. The van der Waals surface area contributed by atoms with Gasteiger partial charge in [-0.15, -0.1) is 0 Å². The summed E-state index contributed by atoms with van der Waals surface area (Å²) in [5.74, 6) is 0. The van der Waals surface area contributed by atoms with Crippen molar-refractivity contribution >= 4 is 0 Å². The van der Waals surface area contributed by atoms with Crippen LogP contribution >= 0.6 is 0 Å². The fourth-order valence-corrected chi connectivity index (χ4v) is 4.34. The highest BCUT2D eigenvalue weighted by atomic mass is 19.4. The predicted octanol–water partition coefficient (Wildman–Crippen LogP) is 5.08. The first-order valence-electron chi connectivity index (χ1n) is 10.6. The largest absolute Gasteiger partial charge is 0.416 e. The fourth-order valence-electron chi connectivity index (χ4n) is 4.34. The molecule has 1 unspecified atom stereocenters. The normalized spacial score (nSPS) is 17.0. The third-order valence-corrected chi connectivity index (χ3v) is 6.03. The standard InChI is InChI=1S/C24H27F3N4/c1-17-7-8-19(13-21(17)24(25,26)27)23(22-15-28-16-30-22)31-11-9-20(10-12-31)29-14-18-5-3-2-4-6-18/h2-8,13,15-16,20,23,29H,9-12,14H2,1H3,(H,28,30). The van der Waals surface area contributed by atoms with Crippen molar-refractivity contribution in [3.8, 4) is 0 Å². The number of likely N-dealkylation sites (tertiary alicyclic amines) is 1. The fraction of sp³-hybridized carbons (Fsp3) is 0.375. The van der Waals surface area contributed by atoms with Gasteiger partial charge in [-0.05, 0) is 42.5 Å². The number of piperidine rings is 1. The van der Waals surface area contributed by atoms with Gasteiger partial charge >= 0.3 is 6.18 Å². The van der Waals surface area contributed by atoms with Crippen LogP contribution in [0.3, 0.4) is 0 Å². The highest BCUT2D eigenvalue weighted by molar-refractivity contribution is 5.37. The molecule has 1 aliphatic rings. The summed E-state index contributed by atoms with van der Waals surface area (Å²) in [7, 11) is 0. The number of aryl methyl sites for hydroxylation is 1. The summed E-state index contributed by atoms with van der Waals surface area (Å²) in [6, 6.07) is 15.1. The van der Waals surface area contributed by atoms with Gasteiger partial charge in [-0.3, -0.25) is 4.90 Å². The molecule has 0 aliphatic carbocycles. The Morgan fingerprint density at radius 3 is 2.52 bits per heavy atom. The Labute approximate surface area is 180 Å². The molecule has 1 aromatic heterocycles. The first-order chi connectivity index (χ1) is 14.9. The maximum atomic E-state index is 13.5. The summed E-state index contributed by atoms with van der Waals surface area (Å²) in [6.07, 6.45) is 0.796. The number of H-pyrrole nitrogens is 1. The second-order valence-corrected chi connectivity index (χ2v) is 8.16. The Hall–Kier alpha value is -2.64. The van der Waals surface area contributed by atoms with Gasteiger partial charge in [0, 0.05) is 31.9 Å². The number of rotatable bonds is 6. The zero-order valence-electron chi connectivity index (χ0n) is 17.5. The van der Waals surface area contributed by atoms with Crippen molar-refractivity contribution in [2.24, 2.45) is 0 Å². The number of aromatic amines is 1. The first-order valence-corrected chi connectivity index (χ1v) is 10.6. The average molecular weight is 429 g/mol. The molecule has 2 N–H and O–H groups in total. The molecule has 2 heterocycles. The minimum Gasteiger partial charge on any atom is -0.347 e. The molecule has 1 saturated heterocycles. The third-order valence-electron chi connectivity index (χ3n) is 6.03. The number of hydrogen-bond donors (Lipinski definition) is 2. The van der Waals surface area contributed by atoms with E-state index >= 15 is 0 Å². The predicted molar refractivity (Wildman–Crippen MR) is 114 cm³/mol. The van der Waals surface area contributed by atoms with Crippen molar-refractivity contribution in [2.75, 3.05) is 13.1 Å². The van der Waals surface area contributed by atoms with Crippen LogP contribution < -0.4 is 5.32 Å². The van der Waals surface area contributed by atoms with Crippen LogP contribution in [0, 0.1) is 6.92 Å². The lowest BCUT2D eigenvalue weighted by Crippen LogP contribution is -2.44. The molecule has 3 aromatic rings. The van der Waals surface area contributed by atoms with Gasteiger partial charge in [-0.25, -0.2) is 4.98 Å². The molecule has 1 fully saturated rings. The van der Waals surface area contributed by atoms with Crippen LogP contribution in [0.25, 0.3) is 0 Å². The minimum atomic E-state index is -4.37. The molecule has 0 spiro atoms. The molecular formula is C24H27F3N4. The van der Waals surface area contributed by atoms with Crippen LogP contribution in [0.4, 0.5) is 13.2 Å². The van der Waals surface area contributed by atoms with Crippen molar-refractivity contribution < 1.29 is 13.2 Å². The molecular weight excluding hydrogens is 401 g/mol. The zero-order valence-corrected chi connectivity index (χ0v) is 17.5. The van der Waals surface area contributed by atoms with E-state index in [0.29, 0.717) is 11.6 Å². The second kappa shape index (κ2) is 9.24. The van der Waals surface area contributed by atoms with E-state index < -0.39 is 11.7 Å². The van der Waals surface area contributed by atoms with E-state index in [9.17, 15) is 13.2 Å². The summed E-state index contributed by atoms with van der Waals surface area (Å²) in [5, 5.41) is 3.61. The van der Waals surface area contributed by atoms with E-state index in [1.165, 1.54) is 18.6 Å². The van der Waals surface area contributed by atoms with Gasteiger partial charge in [-0.2, -0.15) is 13.2 Å². The molecule has 4 nitrogen and oxygen atoms in total. The van der Waals surface area contributed by atoms with Crippen LogP contribution in [0.15, 0.2) is 61.1 Å². The summed E-state index contributed by atoms with van der Waals surface area (Å²) in [5.41, 5.74) is 2.36. The van der Waals surface area contributed by atoms with Crippen molar-refractivity contribution in [1.29, 1.82) is 0 Å². The van der Waals surface area contributed by atoms with Crippen LogP contribution in [-0.4, -0.2) is 34.0 Å². The van der Waals surface area contributed by atoms with Gasteiger partial charge in [0.2, 0.25) is 0 Å². The second-order valence-electron chi connectivity index (χ2n) is 8.16. The monoisotopic (exact) mass is 428 g/mol. The minimum absolute atomic E-state index is 0.239. The highest BCUT2D eigenvalue weighted by Crippen LogP contribution is 2.36. The lowest BCUT2D eigenvalue weighted by molar-refractivity contribution is -0.138. The van der Waals surface area contributed by atoms with Crippen molar-refractivity contribution in [1.82, 2.24) is 20.2 Å². The molecule has 0 saturated carbocycles. The van der Waals surface area contributed by atoms with E-state index in [-0.39, 0.29) is 11.6 Å². The lowest BCUT2D eigenvalue weighted by atomic mass is 9.94. The Balaban J connectivity index is 1.49. The molecule has 7 heteroatoms. The molecule has 1 atom stereocenters. The van der Waals surface area contributed by atoms with Crippen LogP contribution in [0.2, 0.25) is 0 Å². The van der Waals surface area contributed by atoms with E-state index in [0.717, 1.165) is 38.2 Å². The van der Waals surface area contributed by atoms with Crippen molar-refractivity contribution in [2.45, 2.75) is 44.6 Å². The number of imidazole rings is 1. The van der Waals surface area contributed by atoms with E-state index in [2.05, 4.69) is 32.3 Å². The van der Waals surface area contributed by atoms with Gasteiger partial charge in [0.1, 0.15) is 0 Å². The van der Waals surface area contributed by atoms with Crippen LogP contribution in [0.5, 0.6) is 0 Å². The van der Waals surface area contributed by atoms with Gasteiger partial charge in [0.05, 0.1) is 23.6 Å². The Morgan fingerprint density at radius 1 is 1.13 bits per heavy atom. The number of benzene rings is 2. The molecule has 4 rings (SSSR count). The number of halogens is 3. The summed E-state index contributed by atoms with van der Waals surface area (Å²) in [6.45, 7) is 3.92. The van der Waals surface area contributed by atoms with Crippen LogP contribution in [-0.2, 0) is 12.7 Å². The number of nitrogens with zero attached hydrogens (tertiary/aromatic N) is 2.